The first-order valence-electron chi connectivity index (χ1n) is 14.5. The van der Waals surface area contributed by atoms with E-state index in [0.717, 1.165) is 22.5 Å². The number of ether oxygens (including phenoxy) is 1. The van der Waals surface area contributed by atoms with Gasteiger partial charge in [-0.25, -0.2) is 4.98 Å². The van der Waals surface area contributed by atoms with Gasteiger partial charge in [-0.3, -0.25) is 19.2 Å². The number of thioether (sulfide) groups is 1. The van der Waals surface area contributed by atoms with E-state index in [-0.39, 0.29) is 22.4 Å². The number of carbonyl (C=O) groups excluding carboxylic acids is 4. The highest BCUT2D eigenvalue weighted by molar-refractivity contribution is 8.01. The number of hydrogen-bond acceptors (Lipinski definition) is 12. The summed E-state index contributed by atoms with van der Waals surface area (Å²) in [5.74, 6) is -1.64. The monoisotopic (exact) mass is 681 g/mol. The molecule has 2 aliphatic heterocycles. The molecule has 1 fully saturated rings. The van der Waals surface area contributed by atoms with E-state index in [9.17, 15) is 19.2 Å². The van der Waals surface area contributed by atoms with E-state index < -0.39 is 34.6 Å². The summed E-state index contributed by atoms with van der Waals surface area (Å²) >= 11 is 2.27. The quantitative estimate of drug-likeness (QED) is 0.0743. The van der Waals surface area contributed by atoms with Crippen LogP contribution in [-0.4, -0.2) is 73.8 Å². The minimum absolute atomic E-state index is 0.147. The summed E-state index contributed by atoms with van der Waals surface area (Å²) < 4.78 is 6.22. The van der Waals surface area contributed by atoms with Crippen LogP contribution in [0.15, 0.2) is 107 Å². The average Bonchev–Trinajstić information content (AvgIpc) is 3.59. The first kappa shape index (κ1) is 32.3. The maximum absolute atomic E-state index is 14.1. The molecule has 48 heavy (non-hydrogen) atoms. The van der Waals surface area contributed by atoms with Crippen molar-refractivity contribution in [1.29, 1.82) is 0 Å². The second-order valence-corrected chi connectivity index (χ2v) is 12.4. The van der Waals surface area contributed by atoms with Crippen LogP contribution < -0.4 is 10.6 Å². The molecule has 0 bridgehead atoms. The number of nitrogens with one attached hydrogen (secondary N) is 2. The van der Waals surface area contributed by atoms with Gasteiger partial charge >= 0.3 is 5.97 Å². The molecule has 1 saturated heterocycles. The van der Waals surface area contributed by atoms with Crippen LogP contribution in [0.1, 0.15) is 28.6 Å². The highest BCUT2D eigenvalue weighted by Crippen LogP contribution is 2.42. The molecular weight excluding hydrogens is 655 g/mol. The molecule has 13 nitrogen and oxygen atoms in total. The predicted octanol–water partition coefficient (Wildman–Crippen LogP) is 3.55. The van der Waals surface area contributed by atoms with Gasteiger partial charge in [0.15, 0.2) is 16.9 Å². The molecule has 3 atom stereocenters. The Hall–Kier alpha value is -5.67. The van der Waals surface area contributed by atoms with E-state index in [4.69, 9.17) is 9.57 Å². The van der Waals surface area contributed by atoms with E-state index >= 15 is 0 Å². The van der Waals surface area contributed by atoms with Gasteiger partial charge in [-0.05, 0) is 34.9 Å². The number of thiazole rings is 1. The van der Waals surface area contributed by atoms with Gasteiger partial charge in [-0.15, -0.1) is 23.1 Å². The van der Waals surface area contributed by atoms with Gasteiger partial charge in [0.05, 0.1) is 5.69 Å². The predicted molar refractivity (Wildman–Crippen MR) is 179 cm³/mol. The third-order valence-electron chi connectivity index (χ3n) is 7.25. The minimum atomic E-state index is -0.994. The van der Waals surface area contributed by atoms with E-state index in [1.807, 2.05) is 60.7 Å². The third-order valence-corrected chi connectivity index (χ3v) is 9.54. The largest absolute Gasteiger partial charge is 0.451 e. The number of amides is 3. The molecule has 15 heteroatoms. The SMILES string of the molecule is CON=C(C(=O)NC1C(=O)N2C=C(C=Cc3cccnn3)C(C(=O)OC(c3ccccc3)c3ccccc3)S[C@H]12)c1csc(NC=O)n1. The lowest BCUT2D eigenvalue weighted by atomic mass is 10.0. The van der Waals surface area contributed by atoms with Crippen LogP contribution in [0.2, 0.25) is 0 Å². The average molecular weight is 682 g/mol. The van der Waals surface area contributed by atoms with Crippen LogP contribution in [0.4, 0.5) is 5.13 Å². The number of benzene rings is 2. The second kappa shape index (κ2) is 14.8. The van der Waals surface area contributed by atoms with E-state index in [0.29, 0.717) is 17.7 Å². The van der Waals surface area contributed by atoms with E-state index in [1.54, 1.807) is 36.7 Å². The van der Waals surface area contributed by atoms with Gasteiger partial charge in [0.1, 0.15) is 29.5 Å². The molecule has 242 valence electrons. The highest BCUT2D eigenvalue weighted by atomic mass is 32.2. The number of aromatic nitrogens is 3. The van der Waals surface area contributed by atoms with Crippen LogP contribution in [0.5, 0.6) is 0 Å². The van der Waals surface area contributed by atoms with Crippen molar-refractivity contribution in [3.63, 3.8) is 0 Å². The van der Waals surface area contributed by atoms with Crippen molar-refractivity contribution < 1.29 is 28.8 Å². The molecule has 2 unspecified atom stereocenters. The zero-order valence-corrected chi connectivity index (χ0v) is 26.8. The van der Waals surface area contributed by atoms with Crippen LogP contribution in [0.25, 0.3) is 6.08 Å². The maximum Gasteiger partial charge on any atom is 0.324 e. The van der Waals surface area contributed by atoms with Crippen LogP contribution in [0.3, 0.4) is 0 Å². The first-order chi connectivity index (χ1) is 23.5. The zero-order chi connectivity index (χ0) is 33.5. The summed E-state index contributed by atoms with van der Waals surface area (Å²) in [5.41, 5.74) is 2.61. The van der Waals surface area contributed by atoms with Gasteiger partial charge < -0.3 is 25.1 Å². The Morgan fingerprint density at radius 1 is 1.02 bits per heavy atom. The minimum Gasteiger partial charge on any atom is -0.451 e. The first-order valence-corrected chi connectivity index (χ1v) is 16.3. The molecule has 0 aliphatic carbocycles. The molecule has 0 radical (unpaired) electrons. The summed E-state index contributed by atoms with van der Waals surface area (Å²) in [5, 5.41) is 17.2. The highest BCUT2D eigenvalue weighted by Gasteiger charge is 2.53. The number of nitrogens with zero attached hydrogens (tertiary/aromatic N) is 5. The fourth-order valence-corrected chi connectivity index (χ4v) is 7.05. The Bertz CT molecular complexity index is 1850. The number of anilines is 1. The van der Waals surface area contributed by atoms with Crippen LogP contribution >= 0.6 is 23.1 Å². The lowest BCUT2D eigenvalue weighted by Gasteiger charge is -2.48. The molecule has 2 N–H and O–H groups in total. The van der Waals surface area contributed by atoms with Gasteiger partial charge in [-0.2, -0.15) is 10.2 Å². The number of β-lactam (4-membered cyclic amide) rings is 1. The van der Waals surface area contributed by atoms with Gasteiger partial charge in [-0.1, -0.05) is 71.9 Å². The van der Waals surface area contributed by atoms with Crippen molar-refractivity contribution in [2.45, 2.75) is 22.8 Å². The molecule has 4 aromatic rings. The maximum atomic E-state index is 14.1. The number of carbonyl (C=O) groups is 4. The molecule has 2 aromatic carbocycles. The van der Waals surface area contributed by atoms with E-state index in [2.05, 4.69) is 31.0 Å². The summed E-state index contributed by atoms with van der Waals surface area (Å²) in [7, 11) is 1.27. The van der Waals surface area contributed by atoms with Crippen molar-refractivity contribution in [2.24, 2.45) is 5.16 Å². The molecule has 0 spiro atoms. The zero-order valence-electron chi connectivity index (χ0n) is 25.2. The van der Waals surface area contributed by atoms with Crippen molar-refractivity contribution in [2.75, 3.05) is 12.4 Å². The number of oxime groups is 1. The van der Waals surface area contributed by atoms with Crippen LogP contribution in [-0.2, 0) is 28.8 Å². The number of fused-ring (bicyclic) bond motifs is 1. The van der Waals surface area contributed by atoms with E-state index in [1.165, 1.54) is 29.2 Å². The van der Waals surface area contributed by atoms with Crippen molar-refractivity contribution in [1.82, 2.24) is 25.4 Å². The summed E-state index contributed by atoms with van der Waals surface area (Å²) in [6, 6.07) is 21.3. The molecule has 0 saturated carbocycles. The lowest BCUT2D eigenvalue weighted by molar-refractivity contribution is -0.147. The molecule has 2 aromatic heterocycles. The number of rotatable bonds is 12. The Morgan fingerprint density at radius 3 is 2.40 bits per heavy atom. The fraction of sp³-hybridized carbons (Fsp3) is 0.152. The Balaban J connectivity index is 1.27. The Labute approximate surface area is 282 Å². The second-order valence-electron chi connectivity index (χ2n) is 10.3. The van der Waals surface area contributed by atoms with Crippen molar-refractivity contribution in [3.05, 3.63) is 125 Å². The summed E-state index contributed by atoms with van der Waals surface area (Å²) in [4.78, 5) is 62.1. The summed E-state index contributed by atoms with van der Waals surface area (Å²) in [6.07, 6.45) is 6.32. The van der Waals surface area contributed by atoms with Gasteiger partial charge in [0, 0.05) is 17.8 Å². The Kier molecular flexibility index (Phi) is 9.97. The van der Waals surface area contributed by atoms with Crippen molar-refractivity contribution >= 4 is 64.2 Å². The molecule has 2 aliphatic rings. The molecular formula is C33H27N7O6S2. The number of allylic oxidation sites excluding steroid dienone is 1. The fourth-order valence-electron chi connectivity index (χ4n) is 5.02. The normalized spacial score (nSPS) is 18.8. The van der Waals surface area contributed by atoms with Crippen molar-refractivity contribution in [3.8, 4) is 0 Å². The number of hydrogen-bond donors (Lipinski definition) is 2. The van der Waals surface area contributed by atoms with Gasteiger partial charge in [0.2, 0.25) is 6.41 Å². The molecule has 4 heterocycles. The smallest absolute Gasteiger partial charge is 0.324 e. The summed E-state index contributed by atoms with van der Waals surface area (Å²) in [6.45, 7) is 0. The standard InChI is InChI=1S/C33H27N7O6S2/c1-45-39-25(24-18-47-33(36-24)34-19-41)29(42)37-26-30(43)40-17-22(14-15-23-13-8-16-35-38-23)28(48-31(26)40)32(44)46-27(20-9-4-2-5-10-20)21-11-6-3-7-12-21/h2-19,26-28,31H,1H3,(H,37,42)(H,34,36,41)/t26?,28?,31-/m1/s1. The topological polar surface area (TPSA) is 165 Å². The number of esters is 1. The molecule has 6 rings (SSSR count). The molecule has 3 amide bonds. The van der Waals surface area contributed by atoms with Gasteiger partial charge in [0.25, 0.3) is 11.8 Å². The third kappa shape index (κ3) is 7.01. The lowest BCUT2D eigenvalue weighted by Crippen LogP contribution is -2.69. The van der Waals surface area contributed by atoms with Crippen LogP contribution in [0, 0.1) is 0 Å². The Morgan fingerprint density at radius 2 is 1.75 bits per heavy atom.